The number of likely N-dealkylation sites (tertiary alicyclic amines) is 1. The van der Waals surface area contributed by atoms with Crippen LogP contribution in [0.4, 0.5) is 0 Å². The van der Waals surface area contributed by atoms with E-state index in [4.69, 9.17) is 4.74 Å². The first-order valence-corrected chi connectivity index (χ1v) is 9.95. The van der Waals surface area contributed by atoms with E-state index < -0.39 is 0 Å². The summed E-state index contributed by atoms with van der Waals surface area (Å²) in [7, 11) is 3.99. The zero-order valence-electron chi connectivity index (χ0n) is 16.9. The summed E-state index contributed by atoms with van der Waals surface area (Å²) in [5.41, 5.74) is 3.49. The normalized spacial score (nSPS) is 16.1. The Balaban J connectivity index is 1.67. The zero-order valence-corrected chi connectivity index (χ0v) is 16.9. The van der Waals surface area contributed by atoms with Gasteiger partial charge in [-0.3, -0.25) is 4.90 Å². The van der Waals surface area contributed by atoms with Crippen LogP contribution in [0, 0.1) is 6.92 Å². The number of ether oxygens (including phenoxy) is 1. The minimum absolute atomic E-state index is 0.634. The van der Waals surface area contributed by atoms with Gasteiger partial charge < -0.3 is 9.64 Å². The topological polar surface area (TPSA) is 41.5 Å². The van der Waals surface area contributed by atoms with Crippen LogP contribution in [0.5, 0.6) is 0 Å². The van der Waals surface area contributed by atoms with Crippen LogP contribution in [-0.4, -0.2) is 66.2 Å². The van der Waals surface area contributed by atoms with E-state index in [1.165, 1.54) is 37.1 Å². The molecule has 5 nitrogen and oxygen atoms in total. The third-order valence-corrected chi connectivity index (χ3v) is 5.37. The van der Waals surface area contributed by atoms with E-state index >= 15 is 0 Å². The summed E-state index contributed by atoms with van der Waals surface area (Å²) in [6.07, 6.45) is 7.49. The van der Waals surface area contributed by atoms with E-state index in [-0.39, 0.29) is 0 Å². The quantitative estimate of drug-likeness (QED) is 0.668. The Labute approximate surface area is 163 Å². The number of aryl methyl sites for hydroxylation is 1. The van der Waals surface area contributed by atoms with Gasteiger partial charge in [0.2, 0.25) is 0 Å². The predicted molar refractivity (Wildman–Crippen MR) is 110 cm³/mol. The van der Waals surface area contributed by atoms with Crippen molar-refractivity contribution in [3.8, 4) is 11.4 Å². The molecule has 0 radical (unpaired) electrons. The van der Waals surface area contributed by atoms with Gasteiger partial charge in [0.05, 0.1) is 0 Å². The van der Waals surface area contributed by atoms with Crippen molar-refractivity contribution in [1.82, 2.24) is 19.8 Å². The minimum Gasteiger partial charge on any atom is -0.385 e. The molecule has 27 heavy (non-hydrogen) atoms. The second-order valence-electron chi connectivity index (χ2n) is 7.64. The van der Waals surface area contributed by atoms with E-state index in [1.807, 2.05) is 12.4 Å². The van der Waals surface area contributed by atoms with Crippen LogP contribution in [0.2, 0.25) is 0 Å². The van der Waals surface area contributed by atoms with Gasteiger partial charge in [-0.1, -0.05) is 23.8 Å². The molecule has 146 valence electrons. The van der Waals surface area contributed by atoms with Crippen LogP contribution in [0.15, 0.2) is 36.7 Å². The first-order chi connectivity index (χ1) is 13.2. The number of methoxy groups -OCH3 is 1. The molecule has 0 bridgehead atoms. The molecule has 1 aliphatic heterocycles. The van der Waals surface area contributed by atoms with Crippen LogP contribution in [0.1, 0.15) is 30.4 Å². The Morgan fingerprint density at radius 1 is 1.19 bits per heavy atom. The molecule has 1 saturated heterocycles. The molecule has 1 aromatic carbocycles. The van der Waals surface area contributed by atoms with Crippen molar-refractivity contribution in [2.24, 2.45) is 0 Å². The molecule has 2 heterocycles. The molecule has 0 aliphatic carbocycles. The van der Waals surface area contributed by atoms with Crippen LogP contribution in [-0.2, 0) is 11.3 Å². The lowest BCUT2D eigenvalue weighted by molar-refractivity contribution is 0.0998. The summed E-state index contributed by atoms with van der Waals surface area (Å²) >= 11 is 0. The van der Waals surface area contributed by atoms with E-state index in [2.05, 4.69) is 58.0 Å². The second kappa shape index (κ2) is 9.93. The van der Waals surface area contributed by atoms with Crippen molar-refractivity contribution < 1.29 is 4.74 Å². The minimum atomic E-state index is 0.634. The fraction of sp³-hybridized carbons (Fsp3) is 0.545. The largest absolute Gasteiger partial charge is 0.385 e. The number of nitrogens with zero attached hydrogens (tertiary/aromatic N) is 4. The average Bonchev–Trinajstić information content (AvgIpc) is 2.69. The molecular weight excluding hydrogens is 336 g/mol. The molecule has 5 heteroatoms. The third-order valence-electron chi connectivity index (χ3n) is 5.37. The Bertz CT molecular complexity index is 696. The Hall–Kier alpha value is -1.82. The second-order valence-corrected chi connectivity index (χ2v) is 7.64. The van der Waals surface area contributed by atoms with Gasteiger partial charge in [0.1, 0.15) is 0 Å². The highest BCUT2D eigenvalue weighted by Gasteiger charge is 2.23. The van der Waals surface area contributed by atoms with Crippen molar-refractivity contribution in [1.29, 1.82) is 0 Å². The van der Waals surface area contributed by atoms with Gasteiger partial charge in [0, 0.05) is 56.4 Å². The maximum atomic E-state index is 5.26. The summed E-state index contributed by atoms with van der Waals surface area (Å²) in [6, 6.07) is 8.98. The molecule has 1 fully saturated rings. The van der Waals surface area contributed by atoms with Crippen LogP contribution < -0.4 is 0 Å². The molecule has 1 aromatic heterocycles. The molecule has 0 saturated carbocycles. The fourth-order valence-corrected chi connectivity index (χ4v) is 3.77. The molecule has 0 spiro atoms. The molecule has 3 rings (SSSR count). The molecule has 2 aromatic rings. The number of hydrogen-bond donors (Lipinski definition) is 0. The van der Waals surface area contributed by atoms with E-state index in [9.17, 15) is 0 Å². The molecule has 1 aliphatic rings. The fourth-order valence-electron chi connectivity index (χ4n) is 3.77. The number of hydrogen-bond acceptors (Lipinski definition) is 5. The lowest BCUT2D eigenvalue weighted by Gasteiger charge is -2.37. The smallest absolute Gasteiger partial charge is 0.159 e. The highest BCUT2D eigenvalue weighted by molar-refractivity contribution is 5.55. The standard InChI is InChI=1S/C22H32N4O/c1-18-6-4-7-20(14-18)22-23-15-19(16-24-22)17-26(10-5-13-27-3)21-8-11-25(2)12-9-21/h4,6-7,14-16,21H,5,8-13,17H2,1-3H3. The molecule has 0 N–H and O–H groups in total. The lowest BCUT2D eigenvalue weighted by atomic mass is 10.0. The van der Waals surface area contributed by atoms with E-state index in [0.29, 0.717) is 6.04 Å². The third kappa shape index (κ3) is 5.83. The molecule has 0 atom stereocenters. The predicted octanol–water partition coefficient (Wildman–Crippen LogP) is 3.38. The Morgan fingerprint density at radius 2 is 1.93 bits per heavy atom. The van der Waals surface area contributed by atoms with E-state index in [0.717, 1.165) is 37.5 Å². The van der Waals surface area contributed by atoms with Gasteiger partial charge >= 0.3 is 0 Å². The van der Waals surface area contributed by atoms with E-state index in [1.54, 1.807) is 7.11 Å². The van der Waals surface area contributed by atoms with Gasteiger partial charge in [-0.25, -0.2) is 9.97 Å². The van der Waals surface area contributed by atoms with Gasteiger partial charge in [-0.05, 0) is 52.4 Å². The monoisotopic (exact) mass is 368 g/mol. The van der Waals surface area contributed by atoms with Crippen molar-refractivity contribution in [3.63, 3.8) is 0 Å². The number of rotatable bonds is 8. The summed E-state index contributed by atoms with van der Waals surface area (Å²) in [4.78, 5) is 14.3. The van der Waals surface area contributed by atoms with Crippen LogP contribution in [0.3, 0.4) is 0 Å². The molecule has 0 unspecified atom stereocenters. The molecular formula is C22H32N4O. The first-order valence-electron chi connectivity index (χ1n) is 9.95. The summed E-state index contributed by atoms with van der Waals surface area (Å²) in [5.74, 6) is 0.799. The maximum absolute atomic E-state index is 5.26. The van der Waals surface area contributed by atoms with Crippen molar-refractivity contribution >= 4 is 0 Å². The lowest BCUT2D eigenvalue weighted by Crippen LogP contribution is -2.44. The van der Waals surface area contributed by atoms with Gasteiger partial charge in [-0.2, -0.15) is 0 Å². The van der Waals surface area contributed by atoms with Gasteiger partial charge in [0.15, 0.2) is 5.82 Å². The summed E-state index contributed by atoms with van der Waals surface area (Å²) in [5, 5.41) is 0. The SMILES string of the molecule is COCCCN(Cc1cnc(-c2cccc(C)c2)nc1)C1CCN(C)CC1. The number of piperidine rings is 1. The number of aromatic nitrogens is 2. The average molecular weight is 369 g/mol. The zero-order chi connectivity index (χ0) is 19.1. The number of benzene rings is 1. The van der Waals surface area contributed by atoms with Crippen LogP contribution >= 0.6 is 0 Å². The summed E-state index contributed by atoms with van der Waals surface area (Å²) < 4.78 is 5.26. The van der Waals surface area contributed by atoms with Crippen molar-refractivity contribution in [2.45, 2.75) is 38.8 Å². The van der Waals surface area contributed by atoms with Crippen molar-refractivity contribution in [3.05, 3.63) is 47.8 Å². The summed E-state index contributed by atoms with van der Waals surface area (Å²) in [6.45, 7) is 7.22. The Kier molecular flexibility index (Phi) is 7.33. The van der Waals surface area contributed by atoms with Gasteiger partial charge in [-0.15, -0.1) is 0 Å². The highest BCUT2D eigenvalue weighted by atomic mass is 16.5. The van der Waals surface area contributed by atoms with Crippen molar-refractivity contribution in [2.75, 3.05) is 40.4 Å². The Morgan fingerprint density at radius 3 is 2.59 bits per heavy atom. The van der Waals surface area contributed by atoms with Gasteiger partial charge in [0.25, 0.3) is 0 Å². The highest BCUT2D eigenvalue weighted by Crippen LogP contribution is 2.20. The van der Waals surface area contributed by atoms with Crippen LogP contribution in [0.25, 0.3) is 11.4 Å². The molecule has 0 amide bonds. The first kappa shape index (κ1) is 19.9. The maximum Gasteiger partial charge on any atom is 0.159 e.